The lowest BCUT2D eigenvalue weighted by Crippen LogP contribution is -2.05. The maximum absolute atomic E-state index is 10.2. The molecule has 0 bridgehead atoms. The molecule has 0 aliphatic rings. The SMILES string of the molecule is COc1ccc(C(O)c2ncc(C)cn2)cc1OC. The van der Waals surface area contributed by atoms with Gasteiger partial charge in [-0.25, -0.2) is 9.97 Å². The number of ether oxygens (including phenoxy) is 2. The molecule has 1 heterocycles. The van der Waals surface area contributed by atoms with E-state index in [-0.39, 0.29) is 0 Å². The third-order valence-electron chi connectivity index (χ3n) is 2.77. The number of aliphatic hydroxyl groups excluding tert-OH is 1. The van der Waals surface area contributed by atoms with E-state index in [1.165, 1.54) is 0 Å². The van der Waals surface area contributed by atoms with E-state index in [9.17, 15) is 5.11 Å². The van der Waals surface area contributed by atoms with Gasteiger partial charge in [-0.15, -0.1) is 0 Å². The highest BCUT2D eigenvalue weighted by molar-refractivity contribution is 5.44. The number of aryl methyl sites for hydroxylation is 1. The molecule has 0 saturated carbocycles. The minimum absolute atomic E-state index is 0.359. The van der Waals surface area contributed by atoms with Gasteiger partial charge in [0, 0.05) is 12.4 Å². The maximum atomic E-state index is 10.2. The molecular weight excluding hydrogens is 244 g/mol. The number of rotatable bonds is 4. The Morgan fingerprint density at radius 2 is 1.68 bits per heavy atom. The fourth-order valence-electron chi connectivity index (χ4n) is 1.72. The first kappa shape index (κ1) is 13.3. The van der Waals surface area contributed by atoms with E-state index >= 15 is 0 Å². The number of aliphatic hydroxyl groups is 1. The minimum atomic E-state index is -0.889. The van der Waals surface area contributed by atoms with Crippen LogP contribution >= 0.6 is 0 Å². The van der Waals surface area contributed by atoms with Crippen LogP contribution in [0.2, 0.25) is 0 Å². The summed E-state index contributed by atoms with van der Waals surface area (Å²) in [5.74, 6) is 1.53. The number of nitrogens with zero attached hydrogens (tertiary/aromatic N) is 2. The first-order valence-electron chi connectivity index (χ1n) is 5.84. The fourth-order valence-corrected chi connectivity index (χ4v) is 1.72. The van der Waals surface area contributed by atoms with Gasteiger partial charge < -0.3 is 14.6 Å². The highest BCUT2D eigenvalue weighted by Crippen LogP contribution is 2.31. The van der Waals surface area contributed by atoms with Gasteiger partial charge in [-0.2, -0.15) is 0 Å². The Morgan fingerprint density at radius 1 is 1.05 bits per heavy atom. The second kappa shape index (κ2) is 5.67. The van der Waals surface area contributed by atoms with E-state index < -0.39 is 6.10 Å². The molecule has 0 fully saturated rings. The van der Waals surface area contributed by atoms with Crippen molar-refractivity contribution in [1.29, 1.82) is 0 Å². The molecular formula is C14H16N2O3. The number of methoxy groups -OCH3 is 2. The zero-order chi connectivity index (χ0) is 13.8. The van der Waals surface area contributed by atoms with Gasteiger partial charge >= 0.3 is 0 Å². The van der Waals surface area contributed by atoms with Gasteiger partial charge in [-0.3, -0.25) is 0 Å². The Morgan fingerprint density at radius 3 is 2.26 bits per heavy atom. The van der Waals surface area contributed by atoms with E-state index in [1.807, 2.05) is 6.92 Å². The molecule has 0 spiro atoms. The molecule has 5 heteroatoms. The van der Waals surface area contributed by atoms with Crippen LogP contribution in [-0.2, 0) is 0 Å². The van der Waals surface area contributed by atoms with Crippen LogP contribution in [0, 0.1) is 6.92 Å². The molecule has 19 heavy (non-hydrogen) atoms. The Balaban J connectivity index is 2.33. The Labute approximate surface area is 111 Å². The van der Waals surface area contributed by atoms with Crippen molar-refractivity contribution < 1.29 is 14.6 Å². The van der Waals surface area contributed by atoms with Crippen LogP contribution in [0.1, 0.15) is 23.1 Å². The van der Waals surface area contributed by atoms with Crippen molar-refractivity contribution >= 4 is 0 Å². The second-order valence-electron chi connectivity index (χ2n) is 4.14. The van der Waals surface area contributed by atoms with Gasteiger partial charge in [0.1, 0.15) is 6.10 Å². The van der Waals surface area contributed by atoms with Crippen LogP contribution < -0.4 is 9.47 Å². The summed E-state index contributed by atoms with van der Waals surface area (Å²) in [7, 11) is 3.12. The molecule has 100 valence electrons. The second-order valence-corrected chi connectivity index (χ2v) is 4.14. The third-order valence-corrected chi connectivity index (χ3v) is 2.77. The zero-order valence-electron chi connectivity index (χ0n) is 11.1. The van der Waals surface area contributed by atoms with E-state index in [0.717, 1.165) is 5.56 Å². The largest absolute Gasteiger partial charge is 0.493 e. The molecule has 5 nitrogen and oxygen atoms in total. The van der Waals surface area contributed by atoms with Crippen LogP contribution in [0.3, 0.4) is 0 Å². The third kappa shape index (κ3) is 2.82. The predicted molar refractivity (Wildman–Crippen MR) is 70.4 cm³/mol. The van der Waals surface area contributed by atoms with Crippen molar-refractivity contribution in [3.63, 3.8) is 0 Å². The summed E-state index contributed by atoms with van der Waals surface area (Å²) in [5.41, 5.74) is 1.60. The Kier molecular flexibility index (Phi) is 3.97. The number of aromatic nitrogens is 2. The molecule has 1 atom stereocenters. The predicted octanol–water partition coefficient (Wildman–Crippen LogP) is 1.88. The number of hydrogen-bond donors (Lipinski definition) is 1. The summed E-state index contributed by atoms with van der Waals surface area (Å²) in [4.78, 5) is 8.24. The van der Waals surface area contributed by atoms with E-state index in [2.05, 4.69) is 9.97 Å². The van der Waals surface area contributed by atoms with Gasteiger partial charge in [0.25, 0.3) is 0 Å². The summed E-state index contributed by atoms with van der Waals surface area (Å²) in [5, 5.41) is 10.2. The monoisotopic (exact) mass is 260 g/mol. The quantitative estimate of drug-likeness (QED) is 0.909. The smallest absolute Gasteiger partial charge is 0.161 e. The molecule has 0 saturated heterocycles. The average Bonchev–Trinajstić information content (AvgIpc) is 2.46. The summed E-state index contributed by atoms with van der Waals surface area (Å²) >= 11 is 0. The number of hydrogen-bond acceptors (Lipinski definition) is 5. The van der Waals surface area contributed by atoms with Crippen molar-refractivity contribution in [3.05, 3.63) is 47.5 Å². The van der Waals surface area contributed by atoms with Gasteiger partial charge in [0.15, 0.2) is 17.3 Å². The van der Waals surface area contributed by atoms with Gasteiger partial charge in [0.05, 0.1) is 14.2 Å². The summed E-state index contributed by atoms with van der Waals surface area (Å²) in [6.07, 6.45) is 2.46. The summed E-state index contributed by atoms with van der Waals surface area (Å²) in [6.45, 7) is 1.90. The Bertz CT molecular complexity index is 555. The maximum Gasteiger partial charge on any atom is 0.161 e. The molecule has 0 amide bonds. The highest BCUT2D eigenvalue weighted by Gasteiger charge is 2.15. The number of benzene rings is 1. The van der Waals surface area contributed by atoms with E-state index in [1.54, 1.807) is 44.8 Å². The van der Waals surface area contributed by atoms with Crippen LogP contribution in [0.4, 0.5) is 0 Å². The van der Waals surface area contributed by atoms with E-state index in [4.69, 9.17) is 9.47 Å². The lowest BCUT2D eigenvalue weighted by atomic mass is 10.1. The lowest BCUT2D eigenvalue weighted by Gasteiger charge is -2.13. The van der Waals surface area contributed by atoms with Crippen molar-refractivity contribution in [2.45, 2.75) is 13.0 Å². The first-order chi connectivity index (χ1) is 9.15. The van der Waals surface area contributed by atoms with Crippen molar-refractivity contribution in [2.24, 2.45) is 0 Å². The van der Waals surface area contributed by atoms with Gasteiger partial charge in [-0.1, -0.05) is 6.07 Å². The van der Waals surface area contributed by atoms with Crippen LogP contribution in [0.5, 0.6) is 11.5 Å². The first-order valence-corrected chi connectivity index (χ1v) is 5.84. The summed E-state index contributed by atoms with van der Waals surface area (Å²) in [6, 6.07) is 5.22. The topological polar surface area (TPSA) is 64.5 Å². The van der Waals surface area contributed by atoms with Gasteiger partial charge in [0.2, 0.25) is 0 Å². The zero-order valence-corrected chi connectivity index (χ0v) is 11.1. The molecule has 0 radical (unpaired) electrons. The van der Waals surface area contributed by atoms with Crippen molar-refractivity contribution in [1.82, 2.24) is 9.97 Å². The molecule has 1 N–H and O–H groups in total. The molecule has 1 aromatic heterocycles. The molecule has 2 aromatic rings. The van der Waals surface area contributed by atoms with Gasteiger partial charge in [-0.05, 0) is 30.2 Å². The van der Waals surface area contributed by atoms with Crippen LogP contribution in [0.25, 0.3) is 0 Å². The van der Waals surface area contributed by atoms with Crippen molar-refractivity contribution in [2.75, 3.05) is 14.2 Å². The highest BCUT2D eigenvalue weighted by atomic mass is 16.5. The van der Waals surface area contributed by atoms with Crippen LogP contribution in [0.15, 0.2) is 30.6 Å². The normalized spacial score (nSPS) is 12.0. The summed E-state index contributed by atoms with van der Waals surface area (Å²) < 4.78 is 10.4. The standard InChI is InChI=1S/C14H16N2O3/c1-9-7-15-14(16-8-9)13(17)10-4-5-11(18-2)12(6-10)19-3/h4-8,13,17H,1-3H3. The molecule has 1 aromatic carbocycles. The fraction of sp³-hybridized carbons (Fsp3) is 0.286. The molecule has 1 unspecified atom stereocenters. The Hall–Kier alpha value is -2.14. The van der Waals surface area contributed by atoms with E-state index in [0.29, 0.717) is 22.9 Å². The van der Waals surface area contributed by atoms with Crippen molar-refractivity contribution in [3.8, 4) is 11.5 Å². The minimum Gasteiger partial charge on any atom is -0.493 e. The molecule has 0 aliphatic carbocycles. The lowest BCUT2D eigenvalue weighted by molar-refractivity contribution is 0.209. The molecule has 0 aliphatic heterocycles. The average molecular weight is 260 g/mol. The molecule has 2 rings (SSSR count). The van der Waals surface area contributed by atoms with Crippen LogP contribution in [-0.4, -0.2) is 29.3 Å².